The molecular formula is C11H21NO. The molecule has 0 spiro atoms. The van der Waals surface area contributed by atoms with Crippen molar-refractivity contribution in [3.8, 4) is 0 Å². The molecule has 13 heavy (non-hydrogen) atoms. The first-order valence-electron chi connectivity index (χ1n) is 5.18. The van der Waals surface area contributed by atoms with Crippen LogP contribution in [0, 0.1) is 0 Å². The Bertz CT molecular complexity index is 143. The van der Waals surface area contributed by atoms with E-state index in [0.29, 0.717) is 6.42 Å². The van der Waals surface area contributed by atoms with E-state index < -0.39 is 0 Å². The molecule has 0 saturated carbocycles. The Balaban J connectivity index is 3.06. The van der Waals surface area contributed by atoms with E-state index in [4.69, 9.17) is 0 Å². The molecule has 0 aliphatic rings. The highest BCUT2D eigenvalue weighted by Crippen LogP contribution is 2.05. The van der Waals surface area contributed by atoms with Crippen LogP contribution in [-0.2, 0) is 4.79 Å². The quantitative estimate of drug-likeness (QED) is 0.455. The van der Waals surface area contributed by atoms with Crippen molar-refractivity contribution < 1.29 is 4.79 Å². The third kappa shape index (κ3) is 9.12. The van der Waals surface area contributed by atoms with E-state index in [0.717, 1.165) is 25.8 Å². The fourth-order valence-corrected chi connectivity index (χ4v) is 1.21. The molecule has 0 fully saturated rings. The van der Waals surface area contributed by atoms with Crippen molar-refractivity contribution in [2.45, 2.75) is 45.4 Å². The number of allylic oxidation sites excluding steroid dienone is 1. The van der Waals surface area contributed by atoms with Gasteiger partial charge >= 0.3 is 0 Å². The molecule has 0 unspecified atom stereocenters. The SMILES string of the molecule is C=CCCCCCCC(=O)NCC. The molecule has 0 bridgehead atoms. The van der Waals surface area contributed by atoms with Crippen molar-refractivity contribution in [3.05, 3.63) is 12.7 Å². The number of carbonyl (C=O) groups is 1. The van der Waals surface area contributed by atoms with Gasteiger partial charge in [0, 0.05) is 13.0 Å². The zero-order valence-electron chi connectivity index (χ0n) is 8.64. The van der Waals surface area contributed by atoms with Crippen LogP contribution >= 0.6 is 0 Å². The average molecular weight is 183 g/mol. The fraction of sp³-hybridized carbons (Fsp3) is 0.727. The van der Waals surface area contributed by atoms with E-state index in [1.807, 2.05) is 13.0 Å². The highest BCUT2D eigenvalue weighted by molar-refractivity contribution is 5.75. The normalized spacial score (nSPS) is 9.62. The molecule has 0 rings (SSSR count). The first-order valence-corrected chi connectivity index (χ1v) is 5.18. The highest BCUT2D eigenvalue weighted by atomic mass is 16.1. The number of amides is 1. The predicted octanol–water partition coefficient (Wildman–Crippen LogP) is 2.65. The molecule has 0 radical (unpaired) electrons. The standard InChI is InChI=1S/C11H21NO/c1-3-5-6-7-8-9-10-11(13)12-4-2/h3H,1,4-10H2,2H3,(H,12,13). The zero-order valence-corrected chi connectivity index (χ0v) is 8.64. The largest absolute Gasteiger partial charge is 0.356 e. The van der Waals surface area contributed by atoms with Crippen LogP contribution in [0.3, 0.4) is 0 Å². The molecule has 0 aromatic heterocycles. The molecule has 0 aromatic carbocycles. The summed E-state index contributed by atoms with van der Waals surface area (Å²) in [5, 5.41) is 2.79. The van der Waals surface area contributed by atoms with E-state index >= 15 is 0 Å². The maximum atomic E-state index is 11.0. The lowest BCUT2D eigenvalue weighted by atomic mass is 10.1. The minimum atomic E-state index is 0.186. The van der Waals surface area contributed by atoms with Gasteiger partial charge in [-0.2, -0.15) is 0 Å². The maximum absolute atomic E-state index is 11.0. The molecule has 2 nitrogen and oxygen atoms in total. The second kappa shape index (κ2) is 9.30. The summed E-state index contributed by atoms with van der Waals surface area (Å²) < 4.78 is 0. The smallest absolute Gasteiger partial charge is 0.219 e. The summed E-state index contributed by atoms with van der Waals surface area (Å²) in [6, 6.07) is 0. The van der Waals surface area contributed by atoms with Crippen LogP contribution in [0.4, 0.5) is 0 Å². The van der Waals surface area contributed by atoms with Gasteiger partial charge in [0.1, 0.15) is 0 Å². The van der Waals surface area contributed by atoms with Crippen molar-refractivity contribution >= 4 is 5.91 Å². The summed E-state index contributed by atoms with van der Waals surface area (Å²) in [6.07, 6.45) is 8.32. The van der Waals surface area contributed by atoms with Gasteiger partial charge in [0.15, 0.2) is 0 Å². The van der Waals surface area contributed by atoms with Crippen molar-refractivity contribution in [3.63, 3.8) is 0 Å². The second-order valence-corrected chi connectivity index (χ2v) is 3.20. The van der Waals surface area contributed by atoms with Gasteiger partial charge in [-0.15, -0.1) is 6.58 Å². The van der Waals surface area contributed by atoms with Crippen LogP contribution in [0.5, 0.6) is 0 Å². The lowest BCUT2D eigenvalue weighted by molar-refractivity contribution is -0.121. The van der Waals surface area contributed by atoms with Crippen LogP contribution < -0.4 is 5.32 Å². The molecule has 2 heteroatoms. The third-order valence-corrected chi connectivity index (χ3v) is 1.94. The van der Waals surface area contributed by atoms with Gasteiger partial charge < -0.3 is 5.32 Å². The topological polar surface area (TPSA) is 29.1 Å². The Morgan fingerprint density at radius 2 is 2.00 bits per heavy atom. The molecule has 1 N–H and O–H groups in total. The summed E-state index contributed by atoms with van der Waals surface area (Å²) in [6.45, 7) is 6.36. The van der Waals surface area contributed by atoms with Gasteiger partial charge in [-0.25, -0.2) is 0 Å². The van der Waals surface area contributed by atoms with Crippen LogP contribution in [0.2, 0.25) is 0 Å². The molecule has 0 saturated heterocycles. The molecule has 76 valence electrons. The van der Waals surface area contributed by atoms with Crippen molar-refractivity contribution in [2.75, 3.05) is 6.54 Å². The van der Waals surface area contributed by atoms with Crippen molar-refractivity contribution in [1.82, 2.24) is 5.32 Å². The summed E-state index contributed by atoms with van der Waals surface area (Å²) in [7, 11) is 0. The number of hydrogen-bond donors (Lipinski definition) is 1. The fourth-order valence-electron chi connectivity index (χ4n) is 1.21. The lowest BCUT2D eigenvalue weighted by Crippen LogP contribution is -2.21. The lowest BCUT2D eigenvalue weighted by Gasteiger charge is -2.01. The number of rotatable bonds is 8. The Morgan fingerprint density at radius 1 is 1.31 bits per heavy atom. The molecule has 0 atom stereocenters. The molecule has 0 aromatic rings. The Labute approximate surface area is 81.4 Å². The van der Waals surface area contributed by atoms with Crippen molar-refractivity contribution in [2.24, 2.45) is 0 Å². The zero-order chi connectivity index (χ0) is 9.94. The summed E-state index contributed by atoms with van der Waals surface area (Å²) in [5.74, 6) is 0.186. The summed E-state index contributed by atoms with van der Waals surface area (Å²) in [5.41, 5.74) is 0. The van der Waals surface area contributed by atoms with E-state index in [1.54, 1.807) is 0 Å². The number of unbranched alkanes of at least 4 members (excludes halogenated alkanes) is 4. The summed E-state index contributed by atoms with van der Waals surface area (Å²) in [4.78, 5) is 11.0. The van der Waals surface area contributed by atoms with Gasteiger partial charge in [-0.1, -0.05) is 18.9 Å². The predicted molar refractivity (Wildman–Crippen MR) is 56.6 cm³/mol. The molecule has 0 aliphatic heterocycles. The molecule has 1 amide bonds. The van der Waals surface area contributed by atoms with E-state index in [-0.39, 0.29) is 5.91 Å². The van der Waals surface area contributed by atoms with E-state index in [2.05, 4.69) is 11.9 Å². The van der Waals surface area contributed by atoms with Gasteiger partial charge in [0.05, 0.1) is 0 Å². The molecule has 0 heterocycles. The Morgan fingerprint density at radius 3 is 2.62 bits per heavy atom. The van der Waals surface area contributed by atoms with Gasteiger partial charge in [-0.3, -0.25) is 4.79 Å². The van der Waals surface area contributed by atoms with Gasteiger partial charge in [-0.05, 0) is 26.2 Å². The Hall–Kier alpha value is -0.790. The first-order chi connectivity index (χ1) is 6.31. The van der Waals surface area contributed by atoms with Crippen LogP contribution in [-0.4, -0.2) is 12.5 Å². The second-order valence-electron chi connectivity index (χ2n) is 3.20. The minimum absolute atomic E-state index is 0.186. The Kier molecular flexibility index (Phi) is 8.73. The van der Waals surface area contributed by atoms with Gasteiger partial charge in [0.2, 0.25) is 5.91 Å². The first kappa shape index (κ1) is 12.2. The average Bonchev–Trinajstić information content (AvgIpc) is 2.11. The van der Waals surface area contributed by atoms with Crippen LogP contribution in [0.1, 0.15) is 45.4 Å². The number of nitrogens with one attached hydrogen (secondary N) is 1. The monoisotopic (exact) mass is 183 g/mol. The minimum Gasteiger partial charge on any atom is -0.356 e. The summed E-state index contributed by atoms with van der Waals surface area (Å²) >= 11 is 0. The van der Waals surface area contributed by atoms with E-state index in [1.165, 1.54) is 12.8 Å². The van der Waals surface area contributed by atoms with Crippen LogP contribution in [0.25, 0.3) is 0 Å². The maximum Gasteiger partial charge on any atom is 0.219 e. The molecular weight excluding hydrogens is 162 g/mol. The van der Waals surface area contributed by atoms with Crippen molar-refractivity contribution in [1.29, 1.82) is 0 Å². The molecule has 0 aliphatic carbocycles. The van der Waals surface area contributed by atoms with E-state index in [9.17, 15) is 4.79 Å². The number of hydrogen-bond acceptors (Lipinski definition) is 1. The number of carbonyl (C=O) groups excluding carboxylic acids is 1. The van der Waals surface area contributed by atoms with Crippen LogP contribution in [0.15, 0.2) is 12.7 Å². The third-order valence-electron chi connectivity index (χ3n) is 1.94. The highest BCUT2D eigenvalue weighted by Gasteiger charge is 1.97. The van der Waals surface area contributed by atoms with Gasteiger partial charge in [0.25, 0.3) is 0 Å².